The summed E-state index contributed by atoms with van der Waals surface area (Å²) in [6.07, 6.45) is 3.91. The van der Waals surface area contributed by atoms with E-state index in [0.717, 1.165) is 24.0 Å². The highest BCUT2D eigenvalue weighted by atomic mass is 19.1. The maximum absolute atomic E-state index is 13.2. The molecule has 2 fully saturated rings. The van der Waals surface area contributed by atoms with Crippen LogP contribution in [0.3, 0.4) is 0 Å². The van der Waals surface area contributed by atoms with Gasteiger partial charge in [-0.2, -0.15) is 0 Å². The van der Waals surface area contributed by atoms with Crippen LogP contribution in [0.15, 0.2) is 41.0 Å². The zero-order valence-electron chi connectivity index (χ0n) is 15.4. The predicted molar refractivity (Wildman–Crippen MR) is 97.4 cm³/mol. The summed E-state index contributed by atoms with van der Waals surface area (Å²) >= 11 is 0. The summed E-state index contributed by atoms with van der Waals surface area (Å²) in [6.45, 7) is 4.02. The molecule has 3 heterocycles. The van der Waals surface area contributed by atoms with Crippen molar-refractivity contribution in [1.29, 1.82) is 0 Å². The van der Waals surface area contributed by atoms with Crippen molar-refractivity contribution in [1.82, 2.24) is 9.80 Å². The second-order valence-electron chi connectivity index (χ2n) is 7.65. The Balaban J connectivity index is 1.48. The first-order valence-corrected chi connectivity index (χ1v) is 9.36. The third-order valence-corrected chi connectivity index (χ3v) is 5.81. The highest BCUT2D eigenvalue weighted by molar-refractivity contribution is 5.94. The first kappa shape index (κ1) is 17.8. The largest absolute Gasteiger partial charge is 0.459 e. The normalized spacial score (nSPS) is 22.7. The maximum atomic E-state index is 13.2. The molecule has 0 aliphatic carbocycles. The summed E-state index contributed by atoms with van der Waals surface area (Å²) in [6, 6.07) is 8.04. The van der Waals surface area contributed by atoms with Gasteiger partial charge in [0.25, 0.3) is 5.91 Å². The lowest BCUT2D eigenvalue weighted by atomic mass is 9.78. The van der Waals surface area contributed by atoms with Crippen molar-refractivity contribution in [3.63, 3.8) is 0 Å². The van der Waals surface area contributed by atoms with Crippen LogP contribution in [-0.4, -0.2) is 41.2 Å². The number of hydrogen-bond acceptors (Lipinski definition) is 3. The van der Waals surface area contributed by atoms with Gasteiger partial charge in [0, 0.05) is 31.7 Å². The van der Waals surface area contributed by atoms with Gasteiger partial charge in [-0.25, -0.2) is 4.39 Å². The number of likely N-dealkylation sites (tertiary alicyclic amines) is 2. The number of halogens is 1. The number of furan rings is 1. The number of piperidine rings is 1. The van der Waals surface area contributed by atoms with Crippen molar-refractivity contribution in [2.75, 3.05) is 19.6 Å². The summed E-state index contributed by atoms with van der Waals surface area (Å²) in [4.78, 5) is 29.6. The van der Waals surface area contributed by atoms with Crippen molar-refractivity contribution >= 4 is 11.8 Å². The van der Waals surface area contributed by atoms with Crippen LogP contribution in [0.4, 0.5) is 4.39 Å². The molecule has 0 N–H and O–H groups in total. The molecule has 2 amide bonds. The molecular weight excluding hydrogens is 347 g/mol. The SMILES string of the molecule is Cc1ccoc1C(=O)N1CC[C@]2(CCCN(Cc3ccc(F)cc3)C2=O)C1. The molecule has 1 spiro atoms. The van der Waals surface area contributed by atoms with Crippen LogP contribution in [0.2, 0.25) is 0 Å². The number of nitrogens with zero attached hydrogens (tertiary/aromatic N) is 2. The Kier molecular flexibility index (Phi) is 4.50. The third-order valence-electron chi connectivity index (χ3n) is 5.81. The van der Waals surface area contributed by atoms with Gasteiger partial charge in [-0.3, -0.25) is 9.59 Å². The average Bonchev–Trinajstić information content (AvgIpc) is 3.28. The van der Waals surface area contributed by atoms with Gasteiger partial charge < -0.3 is 14.2 Å². The fourth-order valence-corrected chi connectivity index (χ4v) is 4.27. The fourth-order valence-electron chi connectivity index (χ4n) is 4.27. The van der Waals surface area contributed by atoms with Crippen molar-refractivity contribution in [3.05, 3.63) is 59.3 Å². The van der Waals surface area contributed by atoms with E-state index in [1.54, 1.807) is 23.1 Å². The van der Waals surface area contributed by atoms with E-state index in [0.29, 0.717) is 38.4 Å². The molecule has 5 nitrogen and oxygen atoms in total. The van der Waals surface area contributed by atoms with Crippen LogP contribution in [0.5, 0.6) is 0 Å². The van der Waals surface area contributed by atoms with Gasteiger partial charge in [0.15, 0.2) is 5.76 Å². The minimum atomic E-state index is -0.506. The summed E-state index contributed by atoms with van der Waals surface area (Å²) < 4.78 is 18.5. The van der Waals surface area contributed by atoms with Crippen LogP contribution in [0.1, 0.15) is 40.9 Å². The molecule has 4 rings (SSSR count). The highest BCUT2D eigenvalue weighted by Gasteiger charge is 2.49. The minimum absolute atomic E-state index is 0.101. The third kappa shape index (κ3) is 3.24. The number of aryl methyl sites for hydroxylation is 1. The molecule has 2 aliphatic rings. The topological polar surface area (TPSA) is 53.8 Å². The van der Waals surface area contributed by atoms with E-state index in [1.165, 1.54) is 18.4 Å². The monoisotopic (exact) mass is 370 g/mol. The highest BCUT2D eigenvalue weighted by Crippen LogP contribution is 2.41. The molecule has 0 radical (unpaired) electrons. The number of rotatable bonds is 3. The Morgan fingerprint density at radius 1 is 1.19 bits per heavy atom. The lowest BCUT2D eigenvalue weighted by Crippen LogP contribution is -2.50. The fraction of sp³-hybridized carbons (Fsp3) is 0.429. The molecule has 2 saturated heterocycles. The number of carbonyl (C=O) groups is 2. The van der Waals surface area contributed by atoms with E-state index in [2.05, 4.69) is 0 Å². The average molecular weight is 370 g/mol. The number of benzene rings is 1. The standard InChI is InChI=1S/C21H23FN2O3/c1-15-7-12-27-18(15)19(25)24-11-9-21(14-24)8-2-10-23(20(21)26)13-16-3-5-17(22)6-4-16/h3-7,12H,2,8-11,13-14H2,1H3/t21-/m1/s1. The number of carbonyl (C=O) groups excluding carboxylic acids is 2. The Morgan fingerprint density at radius 2 is 1.96 bits per heavy atom. The van der Waals surface area contributed by atoms with Gasteiger partial charge in [-0.15, -0.1) is 0 Å². The molecule has 0 bridgehead atoms. The summed E-state index contributed by atoms with van der Waals surface area (Å²) in [5.74, 6) is 0.0409. The van der Waals surface area contributed by atoms with Gasteiger partial charge in [-0.1, -0.05) is 12.1 Å². The van der Waals surface area contributed by atoms with Gasteiger partial charge >= 0.3 is 0 Å². The van der Waals surface area contributed by atoms with E-state index in [-0.39, 0.29) is 17.6 Å². The molecule has 0 unspecified atom stereocenters. The Morgan fingerprint density at radius 3 is 2.67 bits per heavy atom. The van der Waals surface area contributed by atoms with E-state index in [9.17, 15) is 14.0 Å². The van der Waals surface area contributed by atoms with Crippen LogP contribution in [0, 0.1) is 18.2 Å². The smallest absolute Gasteiger partial charge is 0.289 e. The summed E-state index contributed by atoms with van der Waals surface area (Å²) in [5, 5.41) is 0. The van der Waals surface area contributed by atoms with E-state index in [4.69, 9.17) is 4.42 Å². The molecule has 6 heteroatoms. The zero-order chi connectivity index (χ0) is 19.0. The molecule has 1 aromatic heterocycles. The van der Waals surface area contributed by atoms with E-state index in [1.807, 2.05) is 11.8 Å². The molecule has 2 aromatic rings. The van der Waals surface area contributed by atoms with E-state index < -0.39 is 5.41 Å². The maximum Gasteiger partial charge on any atom is 0.289 e. The second kappa shape index (κ2) is 6.83. The van der Waals surface area contributed by atoms with Crippen molar-refractivity contribution in [3.8, 4) is 0 Å². The van der Waals surface area contributed by atoms with Crippen molar-refractivity contribution in [2.24, 2.45) is 5.41 Å². The van der Waals surface area contributed by atoms with Crippen LogP contribution < -0.4 is 0 Å². The Labute approximate surface area is 157 Å². The molecule has 27 heavy (non-hydrogen) atoms. The van der Waals surface area contributed by atoms with Crippen LogP contribution in [0.25, 0.3) is 0 Å². The predicted octanol–water partition coefficient (Wildman–Crippen LogP) is 3.38. The number of hydrogen-bond donors (Lipinski definition) is 0. The molecule has 2 aliphatic heterocycles. The first-order chi connectivity index (χ1) is 13.0. The molecule has 1 aromatic carbocycles. The summed E-state index contributed by atoms with van der Waals surface area (Å²) in [5.41, 5.74) is 1.22. The summed E-state index contributed by atoms with van der Waals surface area (Å²) in [7, 11) is 0. The molecular formula is C21H23FN2O3. The van der Waals surface area contributed by atoms with Crippen molar-refractivity contribution < 1.29 is 18.4 Å². The lowest BCUT2D eigenvalue weighted by Gasteiger charge is -2.39. The molecule has 1 atom stereocenters. The zero-order valence-corrected chi connectivity index (χ0v) is 15.4. The van der Waals surface area contributed by atoms with Crippen molar-refractivity contribution in [2.45, 2.75) is 32.7 Å². The number of amides is 2. The van der Waals surface area contributed by atoms with Gasteiger partial charge in [0.05, 0.1) is 11.7 Å². The van der Waals surface area contributed by atoms with E-state index >= 15 is 0 Å². The molecule has 142 valence electrons. The minimum Gasteiger partial charge on any atom is -0.459 e. The van der Waals surface area contributed by atoms with Gasteiger partial charge in [-0.05, 0) is 49.9 Å². The van der Waals surface area contributed by atoms with Gasteiger partial charge in [0.2, 0.25) is 5.91 Å². The Hall–Kier alpha value is -2.63. The molecule has 0 saturated carbocycles. The lowest BCUT2D eigenvalue weighted by molar-refractivity contribution is -0.146. The van der Waals surface area contributed by atoms with Crippen LogP contribution in [-0.2, 0) is 11.3 Å². The second-order valence-corrected chi connectivity index (χ2v) is 7.65. The Bertz CT molecular complexity index is 861. The quantitative estimate of drug-likeness (QED) is 0.832. The van der Waals surface area contributed by atoms with Crippen LogP contribution >= 0.6 is 0 Å². The van der Waals surface area contributed by atoms with Gasteiger partial charge in [0.1, 0.15) is 5.82 Å². The first-order valence-electron chi connectivity index (χ1n) is 9.36.